The van der Waals surface area contributed by atoms with Crippen LogP contribution in [0.25, 0.3) is 0 Å². The summed E-state index contributed by atoms with van der Waals surface area (Å²) >= 11 is 13.6. The second-order valence-electron chi connectivity index (χ2n) is 6.54. The first-order valence-corrected chi connectivity index (χ1v) is 11.0. The molecule has 144 valence electrons. The van der Waals surface area contributed by atoms with Crippen LogP contribution in [-0.4, -0.2) is 29.7 Å². The minimum Gasteiger partial charge on any atom is -0.356 e. The molecule has 7 heteroatoms. The van der Waals surface area contributed by atoms with E-state index in [-0.39, 0.29) is 5.91 Å². The fourth-order valence-electron chi connectivity index (χ4n) is 3.10. The van der Waals surface area contributed by atoms with E-state index < -0.39 is 0 Å². The summed E-state index contributed by atoms with van der Waals surface area (Å²) in [5.74, 6) is 2.07. The van der Waals surface area contributed by atoms with Crippen LogP contribution in [0.4, 0.5) is 5.82 Å². The lowest BCUT2D eigenvalue weighted by Crippen LogP contribution is -2.32. The number of anilines is 1. The third-order valence-electron chi connectivity index (χ3n) is 4.50. The number of carbonyl (C=O) groups is 1. The maximum absolute atomic E-state index is 12.2. The lowest BCUT2D eigenvalue weighted by atomic mass is 10.1. The topological polar surface area (TPSA) is 45.2 Å². The molecule has 1 aliphatic heterocycles. The number of aromatic nitrogens is 1. The quantitative estimate of drug-likeness (QED) is 0.685. The Kier molecular flexibility index (Phi) is 7.68. The van der Waals surface area contributed by atoms with Crippen molar-refractivity contribution in [1.82, 2.24) is 10.3 Å². The SMILES string of the molecule is O=C(CSCc1ccc(Cl)cc1Cl)NCc1cccnc1N1CCCCC1. The van der Waals surface area contributed by atoms with Crippen molar-refractivity contribution in [2.24, 2.45) is 0 Å². The number of piperidine rings is 1. The van der Waals surface area contributed by atoms with Gasteiger partial charge in [0.25, 0.3) is 0 Å². The standard InChI is InChI=1S/C20H23Cl2N3OS/c21-17-7-6-16(18(22)11-17)13-27-14-19(26)24-12-15-5-4-8-23-20(15)25-9-2-1-3-10-25/h4-8,11H,1-3,9-10,12-14H2,(H,24,26). The van der Waals surface area contributed by atoms with Gasteiger partial charge in [0.1, 0.15) is 5.82 Å². The van der Waals surface area contributed by atoms with E-state index in [1.54, 1.807) is 6.07 Å². The molecule has 1 aliphatic rings. The van der Waals surface area contributed by atoms with Gasteiger partial charge in [-0.3, -0.25) is 4.79 Å². The van der Waals surface area contributed by atoms with Crippen molar-refractivity contribution < 1.29 is 4.79 Å². The maximum atomic E-state index is 12.2. The van der Waals surface area contributed by atoms with Gasteiger partial charge in [-0.1, -0.05) is 35.3 Å². The molecule has 0 saturated carbocycles. The highest BCUT2D eigenvalue weighted by Crippen LogP contribution is 2.25. The van der Waals surface area contributed by atoms with E-state index in [4.69, 9.17) is 23.2 Å². The van der Waals surface area contributed by atoms with Gasteiger partial charge in [-0.25, -0.2) is 4.98 Å². The first kappa shape index (κ1) is 20.3. The highest BCUT2D eigenvalue weighted by molar-refractivity contribution is 7.99. The Hall–Kier alpha value is -1.43. The average molecular weight is 424 g/mol. The summed E-state index contributed by atoms with van der Waals surface area (Å²) < 4.78 is 0. The van der Waals surface area contributed by atoms with Gasteiger partial charge in [-0.15, -0.1) is 11.8 Å². The normalized spacial score (nSPS) is 14.2. The second-order valence-corrected chi connectivity index (χ2v) is 8.37. The van der Waals surface area contributed by atoms with E-state index >= 15 is 0 Å². The molecule has 2 aromatic rings. The number of thioether (sulfide) groups is 1. The molecule has 1 saturated heterocycles. The zero-order chi connectivity index (χ0) is 19.1. The van der Waals surface area contributed by atoms with Crippen LogP contribution in [0.2, 0.25) is 10.0 Å². The predicted octanol–water partition coefficient (Wildman–Crippen LogP) is 4.93. The molecule has 27 heavy (non-hydrogen) atoms. The predicted molar refractivity (Wildman–Crippen MR) is 115 cm³/mol. The van der Waals surface area contributed by atoms with Gasteiger partial charge in [0.05, 0.1) is 5.75 Å². The van der Waals surface area contributed by atoms with Crippen molar-refractivity contribution in [3.8, 4) is 0 Å². The molecule has 0 atom stereocenters. The summed E-state index contributed by atoms with van der Waals surface area (Å²) in [5.41, 5.74) is 2.05. The summed E-state index contributed by atoms with van der Waals surface area (Å²) in [6.45, 7) is 2.58. The second kappa shape index (κ2) is 10.2. The molecule has 3 rings (SSSR count). The molecule has 1 aromatic heterocycles. The van der Waals surface area contributed by atoms with E-state index in [1.807, 2.05) is 30.5 Å². The average Bonchev–Trinajstić information content (AvgIpc) is 2.69. The summed E-state index contributed by atoms with van der Waals surface area (Å²) in [7, 11) is 0. The Morgan fingerprint density at radius 3 is 2.74 bits per heavy atom. The largest absolute Gasteiger partial charge is 0.356 e. The number of rotatable bonds is 7. The molecule has 0 spiro atoms. The van der Waals surface area contributed by atoms with Crippen molar-refractivity contribution in [3.05, 3.63) is 57.7 Å². The van der Waals surface area contributed by atoms with Gasteiger partial charge in [-0.2, -0.15) is 0 Å². The Morgan fingerprint density at radius 2 is 1.96 bits per heavy atom. The number of benzene rings is 1. The number of hydrogen-bond donors (Lipinski definition) is 1. The van der Waals surface area contributed by atoms with E-state index in [1.165, 1.54) is 31.0 Å². The van der Waals surface area contributed by atoms with E-state index in [2.05, 4.69) is 15.2 Å². The zero-order valence-corrected chi connectivity index (χ0v) is 17.4. The van der Waals surface area contributed by atoms with Crippen LogP contribution in [0.15, 0.2) is 36.5 Å². The van der Waals surface area contributed by atoms with Gasteiger partial charge in [0, 0.05) is 47.2 Å². The number of pyridine rings is 1. The number of amides is 1. The van der Waals surface area contributed by atoms with Crippen LogP contribution in [0.5, 0.6) is 0 Å². The summed E-state index contributed by atoms with van der Waals surface area (Å²) in [5, 5.41) is 4.26. The summed E-state index contributed by atoms with van der Waals surface area (Å²) in [6, 6.07) is 9.40. The molecule has 1 N–H and O–H groups in total. The van der Waals surface area contributed by atoms with E-state index in [0.29, 0.717) is 28.1 Å². The van der Waals surface area contributed by atoms with Crippen LogP contribution in [0.3, 0.4) is 0 Å². The van der Waals surface area contributed by atoms with Crippen molar-refractivity contribution >= 4 is 46.7 Å². The van der Waals surface area contributed by atoms with Crippen LogP contribution in [0, 0.1) is 0 Å². The fourth-order valence-corrected chi connectivity index (χ4v) is 4.51. The van der Waals surface area contributed by atoms with E-state index in [0.717, 1.165) is 30.0 Å². The van der Waals surface area contributed by atoms with Gasteiger partial charge in [0.2, 0.25) is 5.91 Å². The molecule has 1 amide bonds. The van der Waals surface area contributed by atoms with Crippen molar-refractivity contribution in [2.75, 3.05) is 23.7 Å². The molecular formula is C20H23Cl2N3OS. The van der Waals surface area contributed by atoms with Crippen LogP contribution in [0.1, 0.15) is 30.4 Å². The number of nitrogens with zero attached hydrogens (tertiary/aromatic N) is 2. The molecule has 0 aliphatic carbocycles. The first-order valence-electron chi connectivity index (χ1n) is 9.10. The van der Waals surface area contributed by atoms with Crippen LogP contribution in [-0.2, 0) is 17.1 Å². The smallest absolute Gasteiger partial charge is 0.230 e. The molecular weight excluding hydrogens is 401 g/mol. The molecule has 1 fully saturated rings. The molecule has 0 bridgehead atoms. The fraction of sp³-hybridized carbons (Fsp3) is 0.400. The third kappa shape index (κ3) is 6.03. The van der Waals surface area contributed by atoms with Crippen molar-refractivity contribution in [3.63, 3.8) is 0 Å². The van der Waals surface area contributed by atoms with Gasteiger partial charge in [0.15, 0.2) is 0 Å². The zero-order valence-electron chi connectivity index (χ0n) is 15.1. The van der Waals surface area contributed by atoms with Crippen molar-refractivity contribution in [1.29, 1.82) is 0 Å². The van der Waals surface area contributed by atoms with Gasteiger partial charge >= 0.3 is 0 Å². The van der Waals surface area contributed by atoms with Gasteiger partial charge < -0.3 is 10.2 Å². The molecule has 2 heterocycles. The monoisotopic (exact) mass is 423 g/mol. The number of carbonyl (C=O) groups excluding carboxylic acids is 1. The number of nitrogens with one attached hydrogen (secondary N) is 1. The van der Waals surface area contributed by atoms with Crippen LogP contribution < -0.4 is 10.2 Å². The van der Waals surface area contributed by atoms with Gasteiger partial charge in [-0.05, 0) is 43.0 Å². The number of hydrogen-bond acceptors (Lipinski definition) is 4. The molecule has 4 nitrogen and oxygen atoms in total. The Bertz CT molecular complexity index is 782. The summed E-state index contributed by atoms with van der Waals surface area (Å²) in [4.78, 5) is 19.1. The lowest BCUT2D eigenvalue weighted by Gasteiger charge is -2.29. The van der Waals surface area contributed by atoms with Crippen LogP contribution >= 0.6 is 35.0 Å². The Morgan fingerprint density at radius 1 is 1.15 bits per heavy atom. The van der Waals surface area contributed by atoms with E-state index in [9.17, 15) is 4.79 Å². The lowest BCUT2D eigenvalue weighted by molar-refractivity contribution is -0.118. The highest BCUT2D eigenvalue weighted by atomic mass is 35.5. The first-order chi connectivity index (χ1) is 13.1. The van der Waals surface area contributed by atoms with Crippen molar-refractivity contribution in [2.45, 2.75) is 31.6 Å². The Balaban J connectivity index is 1.48. The summed E-state index contributed by atoms with van der Waals surface area (Å²) in [6.07, 6.45) is 5.50. The maximum Gasteiger partial charge on any atom is 0.230 e. The minimum absolute atomic E-state index is 0.0125. The minimum atomic E-state index is 0.0125. The molecule has 0 radical (unpaired) electrons. The molecule has 0 unspecified atom stereocenters. The highest BCUT2D eigenvalue weighted by Gasteiger charge is 2.15. The third-order valence-corrected chi connectivity index (χ3v) is 6.07. The Labute approximate surface area is 174 Å². The number of halogens is 2. The molecule has 1 aromatic carbocycles.